The summed E-state index contributed by atoms with van der Waals surface area (Å²) in [6, 6.07) is 14.7. The van der Waals surface area contributed by atoms with Crippen molar-refractivity contribution in [3.63, 3.8) is 0 Å². The summed E-state index contributed by atoms with van der Waals surface area (Å²) in [5.74, 6) is -0.297. The number of carbonyl (C=O) groups is 1. The molecule has 1 saturated heterocycles. The molecule has 3 rings (SSSR count). The fourth-order valence-electron chi connectivity index (χ4n) is 3.65. The van der Waals surface area contributed by atoms with Crippen LogP contribution in [0.15, 0.2) is 53.4 Å². The van der Waals surface area contributed by atoms with Gasteiger partial charge < -0.3 is 4.74 Å². The average Bonchev–Trinajstić information content (AvgIpc) is 2.93. The van der Waals surface area contributed by atoms with Gasteiger partial charge in [-0.05, 0) is 48.8 Å². The fourth-order valence-corrected chi connectivity index (χ4v) is 4.28. The lowest BCUT2D eigenvalue weighted by Crippen LogP contribution is -2.30. The Labute approximate surface area is 173 Å². The molecule has 7 heteroatoms. The summed E-state index contributed by atoms with van der Waals surface area (Å²) in [6.07, 6.45) is 2.27. The van der Waals surface area contributed by atoms with Crippen LogP contribution in [-0.4, -0.2) is 63.7 Å². The summed E-state index contributed by atoms with van der Waals surface area (Å²) in [7, 11) is -1.75. The van der Waals surface area contributed by atoms with E-state index < -0.39 is 9.84 Å². The molecule has 29 heavy (non-hydrogen) atoms. The number of hydrogen-bond donors (Lipinski definition) is 0. The summed E-state index contributed by atoms with van der Waals surface area (Å²) in [5, 5.41) is 0. The van der Waals surface area contributed by atoms with Gasteiger partial charge in [-0.25, -0.2) is 13.2 Å². The van der Waals surface area contributed by atoms with Crippen LogP contribution in [-0.2, 0) is 27.7 Å². The number of methoxy groups -OCH3 is 1. The molecule has 0 atom stereocenters. The Morgan fingerprint density at radius 2 is 1.55 bits per heavy atom. The number of esters is 1. The third kappa shape index (κ3) is 5.88. The predicted molar refractivity (Wildman–Crippen MR) is 113 cm³/mol. The van der Waals surface area contributed by atoms with Crippen LogP contribution in [0.2, 0.25) is 0 Å². The van der Waals surface area contributed by atoms with E-state index in [0.717, 1.165) is 56.8 Å². The van der Waals surface area contributed by atoms with Gasteiger partial charge in [0.1, 0.15) is 0 Å². The number of nitrogens with zero attached hydrogens (tertiary/aromatic N) is 2. The number of carbonyl (C=O) groups excluding carboxylic acids is 1. The lowest BCUT2D eigenvalue weighted by Gasteiger charge is -2.22. The Bertz CT molecular complexity index is 942. The molecule has 1 aliphatic heterocycles. The number of rotatable bonds is 6. The number of benzene rings is 2. The first-order chi connectivity index (χ1) is 13.9. The Balaban J connectivity index is 1.59. The molecule has 2 aromatic rings. The lowest BCUT2D eigenvalue weighted by molar-refractivity contribution is 0.0598. The van der Waals surface area contributed by atoms with Crippen LogP contribution in [0.3, 0.4) is 0 Å². The third-order valence-corrected chi connectivity index (χ3v) is 6.38. The zero-order chi connectivity index (χ0) is 20.9. The Kier molecular flexibility index (Phi) is 7.05. The van der Waals surface area contributed by atoms with E-state index in [1.54, 1.807) is 12.1 Å². The molecular weight excluding hydrogens is 388 g/mol. The molecule has 0 radical (unpaired) electrons. The molecule has 2 aromatic carbocycles. The first-order valence-electron chi connectivity index (χ1n) is 9.77. The maximum Gasteiger partial charge on any atom is 0.338 e. The lowest BCUT2D eigenvalue weighted by atomic mass is 10.1. The van der Waals surface area contributed by atoms with E-state index >= 15 is 0 Å². The molecule has 0 bridgehead atoms. The summed E-state index contributed by atoms with van der Waals surface area (Å²) >= 11 is 0. The van der Waals surface area contributed by atoms with Gasteiger partial charge >= 0.3 is 5.97 Å². The van der Waals surface area contributed by atoms with Gasteiger partial charge in [0, 0.05) is 32.4 Å². The highest BCUT2D eigenvalue weighted by atomic mass is 32.2. The van der Waals surface area contributed by atoms with Gasteiger partial charge in [0.05, 0.1) is 17.6 Å². The van der Waals surface area contributed by atoms with E-state index in [4.69, 9.17) is 4.74 Å². The second kappa shape index (κ2) is 9.52. The Morgan fingerprint density at radius 1 is 0.931 bits per heavy atom. The van der Waals surface area contributed by atoms with Crippen LogP contribution in [0.1, 0.15) is 27.9 Å². The number of ether oxygens (including phenoxy) is 1. The van der Waals surface area contributed by atoms with Crippen LogP contribution >= 0.6 is 0 Å². The molecule has 0 spiro atoms. The van der Waals surface area contributed by atoms with Gasteiger partial charge in [0.2, 0.25) is 0 Å². The molecule has 0 saturated carbocycles. The SMILES string of the molecule is COC(=O)c1ccccc1CN1CCCN(Cc2ccc(S(C)(=O)=O)cc2)CC1. The van der Waals surface area contributed by atoms with Crippen LogP contribution in [0.5, 0.6) is 0 Å². The minimum Gasteiger partial charge on any atom is -0.465 e. The molecule has 1 aliphatic rings. The van der Waals surface area contributed by atoms with Crippen LogP contribution in [0, 0.1) is 0 Å². The van der Waals surface area contributed by atoms with E-state index in [-0.39, 0.29) is 5.97 Å². The fraction of sp³-hybridized carbons (Fsp3) is 0.409. The molecule has 1 fully saturated rings. The standard InChI is InChI=1S/C22H28N2O4S/c1-28-22(25)21-7-4-3-6-19(21)17-24-13-5-12-23(14-15-24)16-18-8-10-20(11-9-18)29(2,26)27/h3-4,6-11H,5,12-17H2,1-2H3. The van der Waals surface area contributed by atoms with Gasteiger partial charge in [-0.1, -0.05) is 30.3 Å². The summed E-state index contributed by atoms with van der Waals surface area (Å²) in [6.45, 7) is 5.33. The van der Waals surface area contributed by atoms with E-state index in [1.165, 1.54) is 13.4 Å². The highest BCUT2D eigenvalue weighted by Gasteiger charge is 2.18. The summed E-state index contributed by atoms with van der Waals surface area (Å²) in [4.78, 5) is 17.1. The monoisotopic (exact) mass is 416 g/mol. The van der Waals surface area contributed by atoms with E-state index in [9.17, 15) is 13.2 Å². The van der Waals surface area contributed by atoms with Gasteiger partial charge in [0.15, 0.2) is 9.84 Å². The highest BCUT2D eigenvalue weighted by Crippen LogP contribution is 2.17. The number of sulfone groups is 1. The van der Waals surface area contributed by atoms with Crippen LogP contribution in [0.4, 0.5) is 0 Å². The first kappa shape index (κ1) is 21.5. The minimum atomic E-state index is -3.16. The quantitative estimate of drug-likeness (QED) is 0.675. The van der Waals surface area contributed by atoms with Crippen molar-refractivity contribution >= 4 is 15.8 Å². The zero-order valence-corrected chi connectivity index (χ0v) is 17.8. The molecule has 1 heterocycles. The van der Waals surface area contributed by atoms with Crippen molar-refractivity contribution in [1.29, 1.82) is 0 Å². The second-order valence-electron chi connectivity index (χ2n) is 7.47. The molecule has 0 aliphatic carbocycles. The van der Waals surface area contributed by atoms with Gasteiger partial charge in [-0.2, -0.15) is 0 Å². The van der Waals surface area contributed by atoms with Crippen molar-refractivity contribution in [2.24, 2.45) is 0 Å². The molecule has 0 aromatic heterocycles. The van der Waals surface area contributed by atoms with Crippen molar-refractivity contribution < 1.29 is 17.9 Å². The maximum absolute atomic E-state index is 12.0. The largest absolute Gasteiger partial charge is 0.465 e. The Morgan fingerprint density at radius 3 is 2.17 bits per heavy atom. The highest BCUT2D eigenvalue weighted by molar-refractivity contribution is 7.90. The van der Waals surface area contributed by atoms with Crippen molar-refractivity contribution in [2.75, 3.05) is 39.5 Å². The van der Waals surface area contributed by atoms with E-state index in [2.05, 4.69) is 9.80 Å². The van der Waals surface area contributed by atoms with Gasteiger partial charge in [-0.3, -0.25) is 9.80 Å². The second-order valence-corrected chi connectivity index (χ2v) is 9.49. The molecular formula is C22H28N2O4S. The minimum absolute atomic E-state index is 0.297. The van der Waals surface area contributed by atoms with Crippen molar-refractivity contribution in [2.45, 2.75) is 24.4 Å². The predicted octanol–water partition coefficient (Wildman–Crippen LogP) is 2.58. The topological polar surface area (TPSA) is 66.9 Å². The first-order valence-corrected chi connectivity index (χ1v) is 11.7. The molecule has 6 nitrogen and oxygen atoms in total. The van der Waals surface area contributed by atoms with E-state index in [0.29, 0.717) is 10.5 Å². The van der Waals surface area contributed by atoms with Gasteiger partial charge in [0.25, 0.3) is 0 Å². The maximum atomic E-state index is 12.0. The van der Waals surface area contributed by atoms with E-state index in [1.807, 2.05) is 36.4 Å². The zero-order valence-electron chi connectivity index (χ0n) is 17.0. The summed E-state index contributed by atoms with van der Waals surface area (Å²) in [5.41, 5.74) is 2.73. The van der Waals surface area contributed by atoms with Gasteiger partial charge in [-0.15, -0.1) is 0 Å². The Hall–Kier alpha value is -2.22. The van der Waals surface area contributed by atoms with Crippen molar-refractivity contribution in [3.05, 3.63) is 65.2 Å². The normalized spacial score (nSPS) is 16.3. The van der Waals surface area contributed by atoms with Crippen molar-refractivity contribution in [1.82, 2.24) is 9.80 Å². The molecule has 156 valence electrons. The molecule has 0 amide bonds. The van der Waals surface area contributed by atoms with Crippen LogP contribution < -0.4 is 0 Å². The average molecular weight is 417 g/mol. The molecule has 0 unspecified atom stereocenters. The summed E-state index contributed by atoms with van der Waals surface area (Å²) < 4.78 is 28.1. The smallest absolute Gasteiger partial charge is 0.338 e. The molecule has 0 N–H and O–H groups in total. The third-order valence-electron chi connectivity index (χ3n) is 5.26. The number of hydrogen-bond acceptors (Lipinski definition) is 6. The van der Waals surface area contributed by atoms with Crippen molar-refractivity contribution in [3.8, 4) is 0 Å². The van der Waals surface area contributed by atoms with Crippen LogP contribution in [0.25, 0.3) is 0 Å².